The summed E-state index contributed by atoms with van der Waals surface area (Å²) in [6.45, 7) is 0.179. The molecule has 0 aliphatic carbocycles. The van der Waals surface area contributed by atoms with E-state index in [1.807, 2.05) is 0 Å². The SMILES string of the molecule is NC1CO[NH+]([O-])O1. The number of rotatable bonds is 0. The highest BCUT2D eigenvalue weighted by Gasteiger charge is 2.18. The van der Waals surface area contributed by atoms with Crippen LogP contribution in [0.2, 0.25) is 0 Å². The molecule has 1 saturated heterocycles. The quantitative estimate of drug-likeness (QED) is 0.336. The van der Waals surface area contributed by atoms with Crippen LogP contribution in [0.15, 0.2) is 0 Å². The Morgan fingerprint density at radius 2 is 2.57 bits per heavy atom. The largest absolute Gasteiger partial charge is 0.566 e. The molecule has 3 N–H and O–H groups in total. The number of hydrogen-bond acceptors (Lipinski definition) is 4. The van der Waals surface area contributed by atoms with E-state index in [1.165, 1.54) is 0 Å². The number of nitrogens with two attached hydrogens (primary N) is 1. The third-order valence-electron chi connectivity index (χ3n) is 0.613. The van der Waals surface area contributed by atoms with Crippen molar-refractivity contribution in [3.05, 3.63) is 5.21 Å². The van der Waals surface area contributed by atoms with Crippen LogP contribution in [-0.2, 0) is 9.68 Å². The van der Waals surface area contributed by atoms with Crippen LogP contribution in [0.1, 0.15) is 0 Å². The maximum Gasteiger partial charge on any atom is 0.199 e. The maximum absolute atomic E-state index is 9.93. The fourth-order valence-corrected chi connectivity index (χ4v) is 0.342. The molecule has 0 saturated carbocycles. The van der Waals surface area contributed by atoms with Gasteiger partial charge in [-0.2, -0.15) is 4.84 Å². The summed E-state index contributed by atoms with van der Waals surface area (Å²) in [6, 6.07) is 0. The molecule has 0 spiro atoms. The highest BCUT2D eigenvalue weighted by atomic mass is 17.1. The molecule has 0 aromatic heterocycles. The van der Waals surface area contributed by atoms with Crippen LogP contribution in [0.25, 0.3) is 0 Å². The molecule has 1 heterocycles. The van der Waals surface area contributed by atoms with Crippen molar-refractivity contribution in [2.45, 2.75) is 6.23 Å². The van der Waals surface area contributed by atoms with Gasteiger partial charge in [0.15, 0.2) is 12.8 Å². The molecule has 1 fully saturated rings. The number of hydrogen-bond donors (Lipinski definition) is 2. The Bertz CT molecular complexity index is 60.0. The zero-order valence-electron chi connectivity index (χ0n) is 3.59. The molecule has 0 aromatic carbocycles. The van der Waals surface area contributed by atoms with E-state index in [2.05, 4.69) is 9.68 Å². The predicted octanol–water partition coefficient (Wildman–Crippen LogP) is -2.47. The second-order valence-electron chi connectivity index (χ2n) is 1.22. The third-order valence-corrected chi connectivity index (χ3v) is 0.613. The minimum Gasteiger partial charge on any atom is -0.566 e. The Morgan fingerprint density at radius 3 is 2.71 bits per heavy atom. The lowest BCUT2D eigenvalue weighted by molar-refractivity contribution is -1.19. The van der Waals surface area contributed by atoms with E-state index in [-0.39, 0.29) is 6.61 Å². The van der Waals surface area contributed by atoms with Crippen LogP contribution >= 0.6 is 0 Å². The first-order valence-corrected chi connectivity index (χ1v) is 1.88. The Hall–Kier alpha value is -0.200. The average molecular weight is 106 g/mol. The first kappa shape index (κ1) is 4.95. The molecule has 1 aliphatic rings. The Labute approximate surface area is 40.1 Å². The van der Waals surface area contributed by atoms with E-state index in [1.54, 1.807) is 0 Å². The van der Waals surface area contributed by atoms with Gasteiger partial charge in [0, 0.05) is 0 Å². The molecule has 0 amide bonds. The van der Waals surface area contributed by atoms with Crippen molar-refractivity contribution < 1.29 is 15.1 Å². The Morgan fingerprint density at radius 1 is 1.86 bits per heavy atom. The van der Waals surface area contributed by atoms with Gasteiger partial charge >= 0.3 is 0 Å². The summed E-state index contributed by atoms with van der Waals surface area (Å²) in [5.74, 6) is 0. The highest BCUT2D eigenvalue weighted by Crippen LogP contribution is 1.80. The van der Waals surface area contributed by atoms with Gasteiger partial charge in [0.2, 0.25) is 0 Å². The molecule has 1 aliphatic heterocycles. The maximum atomic E-state index is 9.93. The molecule has 2 unspecified atom stereocenters. The summed E-state index contributed by atoms with van der Waals surface area (Å²) < 4.78 is 0. The summed E-state index contributed by atoms with van der Waals surface area (Å²) in [5, 5.41) is 9.26. The minimum absolute atomic E-state index is 0.179. The molecule has 5 nitrogen and oxygen atoms in total. The molecular formula is C2H6N2O3. The Balaban J connectivity index is 2.26. The van der Waals surface area contributed by atoms with Crippen molar-refractivity contribution in [1.29, 1.82) is 0 Å². The van der Waals surface area contributed by atoms with Gasteiger partial charge < -0.3 is 5.21 Å². The second kappa shape index (κ2) is 1.73. The molecule has 1 rings (SSSR count). The zero-order valence-corrected chi connectivity index (χ0v) is 3.59. The van der Waals surface area contributed by atoms with E-state index in [0.717, 1.165) is 0 Å². The standard InChI is InChI=1S/C2H6N2O3/c3-2-1-6-4(5)7-2/h2,4H,1,3H2. The van der Waals surface area contributed by atoms with E-state index < -0.39 is 11.6 Å². The second-order valence-corrected chi connectivity index (χ2v) is 1.22. The van der Waals surface area contributed by atoms with Crippen molar-refractivity contribution in [2.24, 2.45) is 5.73 Å². The number of nitrogens with one attached hydrogen (secondary N) is 1. The molecule has 0 radical (unpaired) electrons. The van der Waals surface area contributed by atoms with Crippen molar-refractivity contribution in [2.75, 3.05) is 6.61 Å². The molecule has 7 heavy (non-hydrogen) atoms. The summed E-state index contributed by atoms with van der Waals surface area (Å²) >= 11 is 0. The van der Waals surface area contributed by atoms with Crippen molar-refractivity contribution in [3.8, 4) is 0 Å². The van der Waals surface area contributed by atoms with Crippen LogP contribution < -0.4 is 11.1 Å². The molecule has 0 aromatic rings. The van der Waals surface area contributed by atoms with Crippen LogP contribution in [0.4, 0.5) is 0 Å². The summed E-state index contributed by atoms with van der Waals surface area (Å²) in [6.07, 6.45) is -0.549. The fraction of sp³-hybridized carbons (Fsp3) is 1.00. The average Bonchev–Trinajstić information content (AvgIpc) is 1.87. The monoisotopic (exact) mass is 106 g/mol. The topological polar surface area (TPSA) is 72.0 Å². The molecule has 2 atom stereocenters. The Kier molecular flexibility index (Phi) is 1.22. The minimum atomic E-state index is -0.674. The smallest absolute Gasteiger partial charge is 0.199 e. The van der Waals surface area contributed by atoms with Gasteiger partial charge in [0.05, 0.1) is 0 Å². The van der Waals surface area contributed by atoms with Crippen LogP contribution in [0, 0.1) is 5.21 Å². The summed E-state index contributed by atoms with van der Waals surface area (Å²) in [7, 11) is 0. The fourth-order valence-electron chi connectivity index (χ4n) is 0.342. The van der Waals surface area contributed by atoms with Crippen molar-refractivity contribution >= 4 is 0 Å². The van der Waals surface area contributed by atoms with Gasteiger partial charge in [-0.3, -0.25) is 5.73 Å². The summed E-state index contributed by atoms with van der Waals surface area (Å²) in [5.41, 5.74) is 5.06. The number of quaternary nitrogens is 1. The lowest BCUT2D eigenvalue weighted by Gasteiger charge is -2.05. The summed E-state index contributed by atoms with van der Waals surface area (Å²) in [4.78, 5) is 8.56. The van der Waals surface area contributed by atoms with Crippen molar-refractivity contribution in [3.63, 3.8) is 0 Å². The van der Waals surface area contributed by atoms with Crippen LogP contribution in [0.5, 0.6) is 0 Å². The van der Waals surface area contributed by atoms with Gasteiger partial charge in [-0.25, -0.2) is 0 Å². The van der Waals surface area contributed by atoms with E-state index in [0.29, 0.717) is 0 Å². The lowest BCUT2D eigenvalue weighted by atomic mass is 10.7. The van der Waals surface area contributed by atoms with E-state index >= 15 is 0 Å². The van der Waals surface area contributed by atoms with Gasteiger partial charge in [-0.1, -0.05) is 5.39 Å². The molecule has 5 heteroatoms. The van der Waals surface area contributed by atoms with E-state index in [9.17, 15) is 5.21 Å². The first-order chi connectivity index (χ1) is 3.29. The first-order valence-electron chi connectivity index (χ1n) is 1.88. The molecule has 42 valence electrons. The molecule has 0 bridgehead atoms. The normalized spacial score (nSPS) is 42.0. The van der Waals surface area contributed by atoms with Crippen LogP contribution in [0.3, 0.4) is 0 Å². The highest BCUT2D eigenvalue weighted by molar-refractivity contribution is 4.38. The van der Waals surface area contributed by atoms with Gasteiger partial charge in [-0.05, 0) is 0 Å². The van der Waals surface area contributed by atoms with Gasteiger partial charge in [0.1, 0.15) is 0 Å². The lowest BCUT2D eigenvalue weighted by Crippen LogP contribution is -3.02. The predicted molar refractivity (Wildman–Crippen MR) is 19.3 cm³/mol. The third kappa shape index (κ3) is 1.08. The van der Waals surface area contributed by atoms with Gasteiger partial charge in [0.25, 0.3) is 0 Å². The van der Waals surface area contributed by atoms with E-state index in [4.69, 9.17) is 5.73 Å². The van der Waals surface area contributed by atoms with Gasteiger partial charge in [-0.15, -0.1) is 4.84 Å². The van der Waals surface area contributed by atoms with Crippen molar-refractivity contribution in [1.82, 2.24) is 0 Å². The zero-order chi connectivity index (χ0) is 5.28. The van der Waals surface area contributed by atoms with Crippen LogP contribution in [-0.4, -0.2) is 12.8 Å². The molecular weight excluding hydrogens is 100 g/mol.